The number of hydrogen-bond donors (Lipinski definition) is 1. The van der Waals surface area contributed by atoms with E-state index in [0.29, 0.717) is 17.2 Å². The van der Waals surface area contributed by atoms with Crippen molar-refractivity contribution in [2.24, 2.45) is 0 Å². The molecule has 1 unspecified atom stereocenters. The van der Waals surface area contributed by atoms with Crippen LogP contribution in [0.5, 0.6) is 0 Å². The quantitative estimate of drug-likeness (QED) is 0.812. The third-order valence-electron chi connectivity index (χ3n) is 3.37. The van der Waals surface area contributed by atoms with Gasteiger partial charge in [0.15, 0.2) is 0 Å². The maximum absolute atomic E-state index is 5.83. The summed E-state index contributed by atoms with van der Waals surface area (Å²) in [6.07, 6.45) is 0.861. The Labute approximate surface area is 115 Å². The smallest absolute Gasteiger partial charge is 0.140 e. The number of aromatic nitrogens is 2. The van der Waals surface area contributed by atoms with Gasteiger partial charge < -0.3 is 9.72 Å². The van der Waals surface area contributed by atoms with Crippen molar-refractivity contribution in [3.63, 3.8) is 0 Å². The second-order valence-electron chi connectivity index (χ2n) is 5.10. The van der Waals surface area contributed by atoms with Gasteiger partial charge >= 0.3 is 0 Å². The van der Waals surface area contributed by atoms with Gasteiger partial charge in [0, 0.05) is 17.9 Å². The van der Waals surface area contributed by atoms with Gasteiger partial charge in [0.25, 0.3) is 0 Å². The van der Waals surface area contributed by atoms with Crippen molar-refractivity contribution in [1.82, 2.24) is 9.97 Å². The van der Waals surface area contributed by atoms with Crippen molar-refractivity contribution in [2.45, 2.75) is 59.5 Å². The molecule has 0 saturated heterocycles. The molecule has 18 heavy (non-hydrogen) atoms. The van der Waals surface area contributed by atoms with E-state index >= 15 is 0 Å². The highest BCUT2D eigenvalue weighted by Crippen LogP contribution is 2.28. The second kappa shape index (κ2) is 5.93. The zero-order valence-electron chi connectivity index (χ0n) is 12.3. The number of ether oxygens (including phenoxy) is 1. The fourth-order valence-corrected chi connectivity index (χ4v) is 2.66. The molecule has 1 aromatic heterocycles. The van der Waals surface area contributed by atoms with Gasteiger partial charge in [-0.15, -0.1) is 0 Å². The molecule has 0 aromatic carbocycles. The highest BCUT2D eigenvalue weighted by atomic mass is 32.1. The lowest BCUT2D eigenvalue weighted by Crippen LogP contribution is -2.28. The van der Waals surface area contributed by atoms with Crippen molar-refractivity contribution < 1.29 is 4.74 Å². The minimum Gasteiger partial charge on any atom is -0.368 e. The number of aryl methyl sites for hydroxylation is 1. The highest BCUT2D eigenvalue weighted by molar-refractivity contribution is 7.71. The van der Waals surface area contributed by atoms with E-state index in [2.05, 4.69) is 44.6 Å². The molecule has 4 heteroatoms. The number of hydrogen-bond acceptors (Lipinski definition) is 3. The van der Waals surface area contributed by atoms with Crippen molar-refractivity contribution in [3.8, 4) is 0 Å². The predicted molar refractivity (Wildman–Crippen MR) is 77.5 cm³/mol. The normalized spacial score (nSPS) is 14.8. The Morgan fingerprint density at radius 2 is 2.00 bits per heavy atom. The number of nitrogens with zero attached hydrogens (tertiary/aromatic N) is 1. The van der Waals surface area contributed by atoms with Crippen molar-refractivity contribution in [2.75, 3.05) is 6.61 Å². The summed E-state index contributed by atoms with van der Waals surface area (Å²) in [5.74, 6) is 1.22. The Morgan fingerprint density at radius 3 is 2.39 bits per heavy atom. The van der Waals surface area contributed by atoms with E-state index in [1.165, 1.54) is 0 Å². The van der Waals surface area contributed by atoms with Crippen LogP contribution in [0.4, 0.5) is 0 Å². The van der Waals surface area contributed by atoms with Crippen LogP contribution in [0.1, 0.15) is 64.0 Å². The van der Waals surface area contributed by atoms with Crippen LogP contribution in [0, 0.1) is 11.6 Å². The lowest BCUT2D eigenvalue weighted by Gasteiger charge is -2.28. The van der Waals surface area contributed by atoms with E-state index in [9.17, 15) is 0 Å². The van der Waals surface area contributed by atoms with E-state index in [-0.39, 0.29) is 5.60 Å². The molecule has 0 amide bonds. The maximum atomic E-state index is 5.83. The molecule has 0 saturated carbocycles. The zero-order chi connectivity index (χ0) is 13.9. The number of H-pyrrole nitrogens is 1. The molecule has 0 aliphatic carbocycles. The number of nitrogens with one attached hydrogen (secondary N) is 1. The first-order valence-electron chi connectivity index (χ1n) is 6.61. The van der Waals surface area contributed by atoms with Crippen molar-refractivity contribution in [1.29, 1.82) is 0 Å². The second-order valence-corrected chi connectivity index (χ2v) is 5.49. The fraction of sp³-hybridized carbons (Fsp3) is 0.714. The van der Waals surface area contributed by atoms with Crippen LogP contribution in [0.3, 0.4) is 0 Å². The van der Waals surface area contributed by atoms with Crippen LogP contribution < -0.4 is 0 Å². The van der Waals surface area contributed by atoms with Gasteiger partial charge in [-0.05, 0) is 33.1 Å². The summed E-state index contributed by atoms with van der Waals surface area (Å²) < 4.78 is 6.53. The fourth-order valence-electron chi connectivity index (χ4n) is 2.18. The van der Waals surface area contributed by atoms with Crippen molar-refractivity contribution >= 4 is 12.2 Å². The molecule has 1 N–H and O–H groups in total. The Bertz CT molecular complexity index is 467. The summed E-state index contributed by atoms with van der Waals surface area (Å²) in [5, 5.41) is 0. The van der Waals surface area contributed by atoms with E-state index in [1.54, 1.807) is 0 Å². The standard InChI is InChI=1S/C14H24N2OS/c1-7-14(6,17-8-2)13-15-10(5)11(9(3)4)12(18)16-13/h9H,7-8H2,1-6H3,(H,15,16,18). The van der Waals surface area contributed by atoms with Gasteiger partial charge in [-0.25, -0.2) is 4.98 Å². The third-order valence-corrected chi connectivity index (χ3v) is 3.68. The van der Waals surface area contributed by atoms with Crippen LogP contribution in [0.2, 0.25) is 0 Å². The van der Waals surface area contributed by atoms with Gasteiger partial charge in [-0.1, -0.05) is 33.0 Å². The van der Waals surface area contributed by atoms with Crippen molar-refractivity contribution in [3.05, 3.63) is 21.7 Å². The Morgan fingerprint density at radius 1 is 1.39 bits per heavy atom. The molecule has 0 fully saturated rings. The van der Waals surface area contributed by atoms with Crippen LogP contribution in [-0.2, 0) is 10.3 Å². The van der Waals surface area contributed by atoms with Crippen LogP contribution in [-0.4, -0.2) is 16.6 Å². The Kier molecular flexibility index (Phi) is 5.05. The summed E-state index contributed by atoms with van der Waals surface area (Å²) in [6.45, 7) is 13.1. The summed E-state index contributed by atoms with van der Waals surface area (Å²) in [5.41, 5.74) is 1.84. The monoisotopic (exact) mass is 268 g/mol. The van der Waals surface area contributed by atoms with Crippen LogP contribution >= 0.6 is 12.2 Å². The Hall–Kier alpha value is -0.740. The van der Waals surface area contributed by atoms with Gasteiger partial charge in [0.2, 0.25) is 0 Å². The maximum Gasteiger partial charge on any atom is 0.140 e. The lowest BCUT2D eigenvalue weighted by atomic mass is 10.00. The predicted octanol–water partition coefficient (Wildman–Crippen LogP) is 4.23. The van der Waals surface area contributed by atoms with E-state index < -0.39 is 0 Å². The number of aromatic amines is 1. The van der Waals surface area contributed by atoms with E-state index in [1.807, 2.05) is 6.92 Å². The van der Waals surface area contributed by atoms with Crippen LogP contribution in [0.25, 0.3) is 0 Å². The molecular weight excluding hydrogens is 244 g/mol. The topological polar surface area (TPSA) is 37.9 Å². The highest BCUT2D eigenvalue weighted by Gasteiger charge is 2.28. The summed E-state index contributed by atoms with van der Waals surface area (Å²) in [7, 11) is 0. The summed E-state index contributed by atoms with van der Waals surface area (Å²) in [6, 6.07) is 0. The lowest BCUT2D eigenvalue weighted by molar-refractivity contribution is -0.0392. The molecule has 0 aliphatic heterocycles. The SMILES string of the molecule is CCOC(C)(CC)c1nc(=S)c(C(C)C)c(C)[nH]1. The molecule has 0 spiro atoms. The van der Waals surface area contributed by atoms with Crippen LogP contribution in [0.15, 0.2) is 0 Å². The first kappa shape index (κ1) is 15.3. The number of rotatable bonds is 5. The molecule has 1 rings (SSSR count). The van der Waals surface area contributed by atoms with Gasteiger partial charge in [0.05, 0.1) is 0 Å². The van der Waals surface area contributed by atoms with Gasteiger partial charge in [-0.3, -0.25) is 0 Å². The minimum atomic E-state index is -0.386. The summed E-state index contributed by atoms with van der Waals surface area (Å²) >= 11 is 5.42. The molecule has 1 atom stereocenters. The largest absolute Gasteiger partial charge is 0.368 e. The first-order valence-corrected chi connectivity index (χ1v) is 7.01. The molecule has 1 aromatic rings. The molecule has 102 valence electrons. The van der Waals surface area contributed by atoms with Gasteiger partial charge in [0.1, 0.15) is 16.1 Å². The molecule has 0 aliphatic rings. The molecule has 0 bridgehead atoms. The average Bonchev–Trinajstić information content (AvgIpc) is 2.27. The molecule has 3 nitrogen and oxygen atoms in total. The zero-order valence-corrected chi connectivity index (χ0v) is 13.1. The Balaban J connectivity index is 3.33. The first-order chi connectivity index (χ1) is 8.35. The molecular formula is C14H24N2OS. The minimum absolute atomic E-state index is 0.385. The van der Waals surface area contributed by atoms with E-state index in [4.69, 9.17) is 17.0 Å². The van der Waals surface area contributed by atoms with E-state index in [0.717, 1.165) is 23.5 Å². The molecule has 1 heterocycles. The summed E-state index contributed by atoms with van der Waals surface area (Å²) in [4.78, 5) is 7.92. The third kappa shape index (κ3) is 2.98. The average molecular weight is 268 g/mol. The van der Waals surface area contributed by atoms with Gasteiger partial charge in [-0.2, -0.15) is 0 Å². The molecule has 0 radical (unpaired) electrons.